The molecule has 0 N–H and O–H groups in total. The second-order valence-electron chi connectivity index (χ2n) is 18.5. The van der Waals surface area contributed by atoms with Crippen LogP contribution >= 0.6 is 7.82 Å². The van der Waals surface area contributed by atoms with Gasteiger partial charge in [0.15, 0.2) is 0 Å². The van der Waals surface area contributed by atoms with Crippen molar-refractivity contribution in [2.75, 3.05) is 54.1 Å². The molecule has 2 unspecified atom stereocenters. The van der Waals surface area contributed by atoms with Crippen molar-refractivity contribution in [3.8, 4) is 0 Å². The molecule has 0 aromatic rings. The Balaban J connectivity index is 4.07. The van der Waals surface area contributed by atoms with E-state index in [1.54, 1.807) is 0 Å². The molecule has 0 aliphatic heterocycles. The highest BCUT2D eigenvalue weighted by Crippen LogP contribution is 2.38. The minimum atomic E-state index is -4.53. The molecule has 61 heavy (non-hydrogen) atoms. The fourth-order valence-corrected chi connectivity index (χ4v) is 8.00. The number of quaternary nitrogens is 1. The van der Waals surface area contributed by atoms with Gasteiger partial charge in [-0.15, -0.1) is 0 Å². The Labute approximate surface area is 378 Å². The first kappa shape index (κ1) is 59.7. The Morgan fingerprint density at radius 2 is 0.951 bits per heavy atom. The molecular formula is C52H100NO7P. The van der Waals surface area contributed by atoms with Crippen LogP contribution in [0.2, 0.25) is 0 Å². The normalized spacial score (nSPS) is 13.9. The topological polar surface area (TPSA) is 94.1 Å². The smallest absolute Gasteiger partial charge is 0.306 e. The third-order valence-electron chi connectivity index (χ3n) is 11.2. The Morgan fingerprint density at radius 1 is 0.525 bits per heavy atom. The second-order valence-corrected chi connectivity index (χ2v) is 19.9. The largest absolute Gasteiger partial charge is 0.756 e. The van der Waals surface area contributed by atoms with Crippen LogP contribution in [-0.4, -0.2) is 70.7 Å². The number of carbonyl (C=O) groups is 1. The zero-order valence-electron chi connectivity index (χ0n) is 40.9. The molecule has 2 atom stereocenters. The summed E-state index contributed by atoms with van der Waals surface area (Å²) in [4.78, 5) is 25.1. The van der Waals surface area contributed by atoms with Crippen LogP contribution < -0.4 is 4.89 Å². The molecule has 0 aromatic heterocycles. The van der Waals surface area contributed by atoms with Crippen LogP contribution in [0.15, 0.2) is 36.5 Å². The van der Waals surface area contributed by atoms with E-state index in [1.807, 2.05) is 21.1 Å². The average Bonchev–Trinajstić information content (AvgIpc) is 3.22. The van der Waals surface area contributed by atoms with Crippen LogP contribution in [0.5, 0.6) is 0 Å². The summed E-state index contributed by atoms with van der Waals surface area (Å²) in [5.41, 5.74) is 0. The number of likely N-dealkylation sites (N-methyl/N-ethyl adjacent to an activating group) is 1. The number of nitrogens with zero attached hydrogens (tertiary/aromatic N) is 1. The number of hydrogen-bond donors (Lipinski definition) is 0. The van der Waals surface area contributed by atoms with Gasteiger partial charge in [0.2, 0.25) is 0 Å². The Hall–Kier alpha value is -1.28. The SMILES string of the molecule is CC/C=C\C/C=C\C/C=C\CCCCCCCC(=O)OC(COCCCCCCCCCCCCCCCCCCCCCCCCCC)COP(=O)([O-])OCC[N+](C)(C)C. The highest BCUT2D eigenvalue weighted by Gasteiger charge is 2.20. The van der Waals surface area contributed by atoms with Gasteiger partial charge in [0.25, 0.3) is 7.82 Å². The van der Waals surface area contributed by atoms with Crippen LogP contribution in [-0.2, 0) is 27.9 Å². The molecule has 0 aliphatic rings. The second kappa shape index (κ2) is 45.3. The fraction of sp³-hybridized carbons (Fsp3) is 0.865. The van der Waals surface area contributed by atoms with Crippen molar-refractivity contribution in [1.29, 1.82) is 0 Å². The number of phosphoric acid groups is 1. The quantitative estimate of drug-likeness (QED) is 0.0197. The van der Waals surface area contributed by atoms with Crippen LogP contribution in [0.25, 0.3) is 0 Å². The average molecular weight is 882 g/mol. The first-order valence-electron chi connectivity index (χ1n) is 25.7. The molecule has 0 spiro atoms. The molecule has 0 rings (SSSR count). The predicted molar refractivity (Wildman–Crippen MR) is 259 cm³/mol. The molecule has 0 radical (unpaired) electrons. The Kier molecular flexibility index (Phi) is 44.3. The van der Waals surface area contributed by atoms with Gasteiger partial charge in [-0.2, -0.15) is 0 Å². The molecule has 0 fully saturated rings. The molecule has 9 heteroatoms. The molecular weight excluding hydrogens is 782 g/mol. The lowest BCUT2D eigenvalue weighted by Gasteiger charge is -2.28. The number of carbonyl (C=O) groups excluding carboxylic acids is 1. The van der Waals surface area contributed by atoms with Crippen molar-refractivity contribution < 1.29 is 37.3 Å². The number of rotatable bonds is 48. The van der Waals surface area contributed by atoms with E-state index in [0.717, 1.165) is 70.6 Å². The minimum absolute atomic E-state index is 0.0234. The maximum absolute atomic E-state index is 12.7. The summed E-state index contributed by atoms with van der Waals surface area (Å²) < 4.78 is 34.7. The molecule has 360 valence electrons. The van der Waals surface area contributed by atoms with Crippen molar-refractivity contribution in [2.24, 2.45) is 0 Å². The summed E-state index contributed by atoms with van der Waals surface area (Å²) in [7, 11) is 1.35. The first-order valence-corrected chi connectivity index (χ1v) is 27.2. The van der Waals surface area contributed by atoms with Gasteiger partial charge in [-0.05, 0) is 44.9 Å². The minimum Gasteiger partial charge on any atom is -0.756 e. The molecule has 8 nitrogen and oxygen atoms in total. The van der Waals surface area contributed by atoms with E-state index in [4.69, 9.17) is 18.5 Å². The number of allylic oxidation sites excluding steroid dienone is 6. The lowest BCUT2D eigenvalue weighted by molar-refractivity contribution is -0.870. The monoisotopic (exact) mass is 882 g/mol. The van der Waals surface area contributed by atoms with Gasteiger partial charge in [-0.1, -0.05) is 217 Å². The highest BCUT2D eigenvalue weighted by molar-refractivity contribution is 7.45. The lowest BCUT2D eigenvalue weighted by atomic mass is 10.0. The van der Waals surface area contributed by atoms with Gasteiger partial charge >= 0.3 is 5.97 Å². The van der Waals surface area contributed by atoms with E-state index in [0.29, 0.717) is 24.1 Å². The molecule has 0 saturated carbocycles. The summed E-state index contributed by atoms with van der Waals surface area (Å²) in [5.74, 6) is -0.347. The van der Waals surface area contributed by atoms with Gasteiger partial charge in [0.1, 0.15) is 19.3 Å². The van der Waals surface area contributed by atoms with E-state index in [2.05, 4.69) is 50.3 Å². The van der Waals surface area contributed by atoms with Gasteiger partial charge in [0.05, 0.1) is 34.4 Å². The summed E-state index contributed by atoms with van der Waals surface area (Å²) in [6.45, 7) is 5.32. The zero-order valence-corrected chi connectivity index (χ0v) is 41.8. The fourth-order valence-electron chi connectivity index (χ4n) is 7.27. The summed E-state index contributed by atoms with van der Waals surface area (Å²) in [6.07, 6.45) is 54.7. The molecule has 0 amide bonds. The third kappa shape index (κ3) is 49.6. The van der Waals surface area contributed by atoms with Gasteiger partial charge in [-0.25, -0.2) is 0 Å². The van der Waals surface area contributed by atoms with E-state index < -0.39 is 13.9 Å². The summed E-state index contributed by atoms with van der Waals surface area (Å²) in [5, 5.41) is 0. The van der Waals surface area contributed by atoms with Crippen molar-refractivity contribution in [1.82, 2.24) is 0 Å². The number of hydrogen-bond acceptors (Lipinski definition) is 7. The molecule has 0 aromatic carbocycles. The molecule has 0 heterocycles. The van der Waals surface area contributed by atoms with Crippen LogP contribution in [0.1, 0.15) is 232 Å². The maximum Gasteiger partial charge on any atom is 0.306 e. The predicted octanol–water partition coefficient (Wildman–Crippen LogP) is 15.1. The van der Waals surface area contributed by atoms with Crippen LogP contribution in [0.4, 0.5) is 0 Å². The maximum atomic E-state index is 12.7. The van der Waals surface area contributed by atoms with E-state index in [9.17, 15) is 14.3 Å². The van der Waals surface area contributed by atoms with Crippen molar-refractivity contribution >= 4 is 13.8 Å². The summed E-state index contributed by atoms with van der Waals surface area (Å²) >= 11 is 0. The van der Waals surface area contributed by atoms with Gasteiger partial charge < -0.3 is 27.9 Å². The van der Waals surface area contributed by atoms with Crippen molar-refractivity contribution in [3.05, 3.63) is 36.5 Å². The van der Waals surface area contributed by atoms with Crippen LogP contribution in [0.3, 0.4) is 0 Å². The standard InChI is InChI=1S/C52H100NO7P/c1-6-8-10-12-14-16-18-20-22-23-24-25-26-27-28-29-30-32-34-36-38-40-42-44-47-57-49-51(50-59-61(55,56)58-48-46-53(3,4)5)60-52(54)45-43-41-39-37-35-33-31-21-19-17-15-13-11-9-7-2/h9,11,15,17,21,31,51H,6-8,10,12-14,16,18-20,22-30,32-50H2,1-5H3/b11-9-,17-15-,31-21-. The zero-order chi connectivity index (χ0) is 44.8. The summed E-state index contributed by atoms with van der Waals surface area (Å²) in [6, 6.07) is 0. The number of unbranched alkanes of at least 4 members (excludes halogenated alkanes) is 28. The third-order valence-corrected chi connectivity index (χ3v) is 12.2. The van der Waals surface area contributed by atoms with Crippen molar-refractivity contribution in [3.63, 3.8) is 0 Å². The number of esters is 1. The van der Waals surface area contributed by atoms with Gasteiger partial charge in [0, 0.05) is 13.0 Å². The van der Waals surface area contributed by atoms with Crippen LogP contribution in [0, 0.1) is 0 Å². The lowest BCUT2D eigenvalue weighted by Crippen LogP contribution is -2.37. The van der Waals surface area contributed by atoms with E-state index in [1.165, 1.54) is 141 Å². The molecule has 0 saturated heterocycles. The van der Waals surface area contributed by atoms with E-state index >= 15 is 0 Å². The highest BCUT2D eigenvalue weighted by atomic mass is 31.2. The molecule has 0 aliphatic carbocycles. The Morgan fingerprint density at radius 3 is 1.43 bits per heavy atom. The first-order chi connectivity index (χ1) is 29.6. The van der Waals surface area contributed by atoms with E-state index in [-0.39, 0.29) is 25.8 Å². The molecule has 0 bridgehead atoms. The Bertz CT molecular complexity index is 1070. The number of ether oxygens (including phenoxy) is 2. The van der Waals surface area contributed by atoms with Crippen molar-refractivity contribution in [2.45, 2.75) is 238 Å². The number of phosphoric ester groups is 1. The van der Waals surface area contributed by atoms with Gasteiger partial charge in [-0.3, -0.25) is 9.36 Å².